The third-order valence-electron chi connectivity index (χ3n) is 5.08. The Hall–Kier alpha value is -2.04. The zero-order valence-electron chi connectivity index (χ0n) is 14.9. The molecule has 1 atom stereocenters. The Balaban J connectivity index is 1.68. The third-order valence-corrected chi connectivity index (χ3v) is 5.08. The van der Waals surface area contributed by atoms with Gasteiger partial charge in [-0.3, -0.25) is 4.90 Å². The van der Waals surface area contributed by atoms with Gasteiger partial charge in [0.2, 0.25) is 0 Å². The summed E-state index contributed by atoms with van der Waals surface area (Å²) in [6.45, 7) is 3.78. The summed E-state index contributed by atoms with van der Waals surface area (Å²) < 4.78 is 0. The van der Waals surface area contributed by atoms with E-state index in [0.29, 0.717) is 17.5 Å². The molecule has 0 saturated carbocycles. The summed E-state index contributed by atoms with van der Waals surface area (Å²) in [5.74, 6) is 0.621. The normalized spacial score (nSPS) is 18.1. The van der Waals surface area contributed by atoms with Gasteiger partial charge in [-0.1, -0.05) is 24.3 Å². The lowest BCUT2D eigenvalue weighted by Gasteiger charge is -2.26. The molecule has 2 N–H and O–H groups in total. The van der Waals surface area contributed by atoms with Crippen molar-refractivity contribution in [2.24, 2.45) is 0 Å². The Morgan fingerprint density at radius 2 is 1.60 bits per heavy atom. The molecule has 0 bridgehead atoms. The van der Waals surface area contributed by atoms with Crippen LogP contribution in [0.15, 0.2) is 48.5 Å². The zero-order chi connectivity index (χ0) is 17.6. The van der Waals surface area contributed by atoms with Gasteiger partial charge in [0.25, 0.3) is 0 Å². The van der Waals surface area contributed by atoms with E-state index in [1.165, 1.54) is 19.4 Å². The second-order valence-corrected chi connectivity index (χ2v) is 7.12. The van der Waals surface area contributed by atoms with E-state index in [1.807, 2.05) is 24.3 Å². The maximum atomic E-state index is 9.73. The number of aromatic hydroxyl groups is 2. The Morgan fingerprint density at radius 1 is 1.00 bits per heavy atom. The molecule has 134 valence electrons. The first-order valence-electron chi connectivity index (χ1n) is 9.08. The van der Waals surface area contributed by atoms with E-state index in [0.717, 1.165) is 37.2 Å². The molecule has 4 heteroatoms. The van der Waals surface area contributed by atoms with Crippen molar-refractivity contribution in [1.82, 2.24) is 9.80 Å². The summed E-state index contributed by atoms with van der Waals surface area (Å²) in [4.78, 5) is 4.86. The summed E-state index contributed by atoms with van der Waals surface area (Å²) in [5.41, 5.74) is 2.22. The first kappa shape index (κ1) is 17.8. The number of phenols is 2. The fourth-order valence-corrected chi connectivity index (χ4v) is 3.72. The van der Waals surface area contributed by atoms with Gasteiger partial charge in [0, 0.05) is 25.7 Å². The molecule has 0 aliphatic carbocycles. The summed E-state index contributed by atoms with van der Waals surface area (Å²) in [6.07, 6.45) is 3.72. The van der Waals surface area contributed by atoms with Crippen LogP contribution in [0, 0.1) is 0 Å². The number of hydrogen-bond donors (Lipinski definition) is 2. The van der Waals surface area contributed by atoms with E-state index in [-0.39, 0.29) is 0 Å². The van der Waals surface area contributed by atoms with Gasteiger partial charge < -0.3 is 15.1 Å². The van der Waals surface area contributed by atoms with Crippen LogP contribution in [0.2, 0.25) is 0 Å². The van der Waals surface area contributed by atoms with Gasteiger partial charge in [-0.05, 0) is 68.2 Å². The number of nitrogens with zero attached hydrogens (tertiary/aromatic N) is 2. The van der Waals surface area contributed by atoms with Gasteiger partial charge >= 0.3 is 0 Å². The van der Waals surface area contributed by atoms with Crippen LogP contribution in [-0.2, 0) is 13.1 Å². The number of hydrogen-bond acceptors (Lipinski definition) is 4. The molecule has 0 amide bonds. The number of phenolic OH excluding ortho intramolecular Hbond substituents is 2. The summed E-state index contributed by atoms with van der Waals surface area (Å²) in [6, 6.07) is 15.6. The molecule has 1 aliphatic rings. The van der Waals surface area contributed by atoms with Gasteiger partial charge in [0.05, 0.1) is 0 Å². The van der Waals surface area contributed by atoms with Gasteiger partial charge in [-0.2, -0.15) is 0 Å². The molecule has 1 fully saturated rings. The van der Waals surface area contributed by atoms with E-state index in [2.05, 4.69) is 29.0 Å². The number of benzene rings is 2. The molecule has 1 aliphatic heterocycles. The largest absolute Gasteiger partial charge is 0.508 e. The minimum Gasteiger partial charge on any atom is -0.508 e. The second kappa shape index (κ2) is 8.37. The molecule has 2 aromatic carbocycles. The number of rotatable bonds is 7. The summed E-state index contributed by atoms with van der Waals surface area (Å²) in [7, 11) is 2.21. The minimum absolute atomic E-state index is 0.310. The van der Waals surface area contributed by atoms with Crippen molar-refractivity contribution in [3.8, 4) is 11.5 Å². The number of likely N-dealkylation sites (tertiary alicyclic amines) is 1. The Kier molecular flexibility index (Phi) is 5.95. The molecule has 0 radical (unpaired) electrons. The van der Waals surface area contributed by atoms with Crippen LogP contribution in [0.5, 0.6) is 11.5 Å². The molecule has 2 aromatic rings. The molecule has 1 heterocycles. The van der Waals surface area contributed by atoms with Gasteiger partial charge in [-0.15, -0.1) is 0 Å². The summed E-state index contributed by atoms with van der Waals surface area (Å²) >= 11 is 0. The fourth-order valence-electron chi connectivity index (χ4n) is 3.72. The van der Waals surface area contributed by atoms with Crippen LogP contribution < -0.4 is 0 Å². The summed E-state index contributed by atoms with van der Waals surface area (Å²) in [5, 5.41) is 19.5. The van der Waals surface area contributed by atoms with E-state index in [1.54, 1.807) is 12.1 Å². The van der Waals surface area contributed by atoms with Crippen molar-refractivity contribution in [2.45, 2.75) is 38.4 Å². The van der Waals surface area contributed by atoms with Crippen molar-refractivity contribution < 1.29 is 10.2 Å². The average molecular weight is 340 g/mol. The van der Waals surface area contributed by atoms with Crippen LogP contribution >= 0.6 is 0 Å². The quantitative estimate of drug-likeness (QED) is 0.809. The van der Waals surface area contributed by atoms with Crippen LogP contribution in [0.4, 0.5) is 0 Å². The molecule has 0 unspecified atom stereocenters. The third kappa shape index (κ3) is 5.21. The monoisotopic (exact) mass is 340 g/mol. The first-order chi connectivity index (χ1) is 12.1. The average Bonchev–Trinajstić information content (AvgIpc) is 2.98. The molecule has 4 nitrogen and oxygen atoms in total. The van der Waals surface area contributed by atoms with E-state index in [9.17, 15) is 10.2 Å². The smallest absolute Gasteiger partial charge is 0.115 e. The topological polar surface area (TPSA) is 46.9 Å². The fraction of sp³-hybridized carbons (Fsp3) is 0.429. The highest BCUT2D eigenvalue weighted by atomic mass is 16.3. The highest BCUT2D eigenvalue weighted by molar-refractivity contribution is 5.28. The molecule has 0 aromatic heterocycles. The highest BCUT2D eigenvalue weighted by Gasteiger charge is 2.21. The van der Waals surface area contributed by atoms with Crippen molar-refractivity contribution in [1.29, 1.82) is 0 Å². The Labute approximate surface area is 150 Å². The van der Waals surface area contributed by atoms with Crippen LogP contribution in [0.3, 0.4) is 0 Å². The van der Waals surface area contributed by atoms with Gasteiger partial charge in [0.1, 0.15) is 11.5 Å². The zero-order valence-corrected chi connectivity index (χ0v) is 14.9. The van der Waals surface area contributed by atoms with Crippen molar-refractivity contribution in [3.05, 3.63) is 59.7 Å². The predicted molar refractivity (Wildman–Crippen MR) is 101 cm³/mol. The van der Waals surface area contributed by atoms with Crippen LogP contribution in [0.1, 0.15) is 30.4 Å². The maximum absolute atomic E-state index is 9.73. The SMILES string of the molecule is CN1CCC[C@@H]1CCN(Cc1cccc(O)c1)Cc1cccc(O)c1. The molecule has 3 rings (SSSR count). The Bertz CT molecular complexity index is 642. The second-order valence-electron chi connectivity index (χ2n) is 7.12. The minimum atomic E-state index is 0.310. The lowest BCUT2D eigenvalue weighted by atomic mass is 10.1. The van der Waals surface area contributed by atoms with Crippen molar-refractivity contribution >= 4 is 0 Å². The molecule has 1 saturated heterocycles. The van der Waals surface area contributed by atoms with Crippen molar-refractivity contribution in [3.63, 3.8) is 0 Å². The lowest BCUT2D eigenvalue weighted by Crippen LogP contribution is -2.31. The Morgan fingerprint density at radius 3 is 2.08 bits per heavy atom. The predicted octanol–water partition coefficient (Wildman–Crippen LogP) is 3.58. The van der Waals surface area contributed by atoms with E-state index in [4.69, 9.17) is 0 Å². The first-order valence-corrected chi connectivity index (χ1v) is 9.08. The van der Waals surface area contributed by atoms with Crippen molar-refractivity contribution in [2.75, 3.05) is 20.1 Å². The highest BCUT2D eigenvalue weighted by Crippen LogP contribution is 2.21. The lowest BCUT2D eigenvalue weighted by molar-refractivity contribution is 0.211. The molecular formula is C21H28N2O2. The van der Waals surface area contributed by atoms with Crippen LogP contribution in [0.25, 0.3) is 0 Å². The molecule has 25 heavy (non-hydrogen) atoms. The van der Waals surface area contributed by atoms with Crippen LogP contribution in [-0.4, -0.2) is 46.2 Å². The van der Waals surface area contributed by atoms with Gasteiger partial charge in [0.15, 0.2) is 0 Å². The molecule has 0 spiro atoms. The standard InChI is InChI=1S/C21H28N2O2/c1-22-11-4-7-19(22)10-12-23(15-17-5-2-8-20(24)13-17)16-18-6-3-9-21(25)14-18/h2-3,5-6,8-9,13-14,19,24-25H,4,7,10-12,15-16H2,1H3/t19-/m1/s1. The van der Waals surface area contributed by atoms with Gasteiger partial charge in [-0.25, -0.2) is 0 Å². The molecular weight excluding hydrogens is 312 g/mol. The maximum Gasteiger partial charge on any atom is 0.115 e. The van der Waals surface area contributed by atoms with E-state index < -0.39 is 0 Å². The van der Waals surface area contributed by atoms with E-state index >= 15 is 0 Å².